The number of aromatic nitrogens is 1. The first-order chi connectivity index (χ1) is 8.08. The van der Waals surface area contributed by atoms with Gasteiger partial charge in [-0.2, -0.15) is 11.8 Å². The van der Waals surface area contributed by atoms with E-state index in [0.29, 0.717) is 12.0 Å². The zero-order valence-electron chi connectivity index (χ0n) is 10.3. The Morgan fingerprint density at radius 3 is 3.06 bits per heavy atom. The molecule has 17 heavy (non-hydrogen) atoms. The van der Waals surface area contributed by atoms with Crippen molar-refractivity contribution in [2.24, 2.45) is 5.92 Å². The van der Waals surface area contributed by atoms with Crippen LogP contribution in [0.5, 0.6) is 0 Å². The number of thioether (sulfide) groups is 1. The van der Waals surface area contributed by atoms with E-state index in [9.17, 15) is 4.79 Å². The van der Waals surface area contributed by atoms with Crippen molar-refractivity contribution in [1.82, 2.24) is 4.98 Å². The van der Waals surface area contributed by atoms with Gasteiger partial charge in [0.15, 0.2) is 0 Å². The van der Waals surface area contributed by atoms with E-state index < -0.39 is 5.67 Å². The van der Waals surface area contributed by atoms with Gasteiger partial charge in [-0.25, -0.2) is 4.39 Å². The lowest BCUT2D eigenvalue weighted by molar-refractivity contribution is 0.0912. The zero-order valence-corrected chi connectivity index (χ0v) is 11.1. The Morgan fingerprint density at radius 2 is 2.41 bits per heavy atom. The van der Waals surface area contributed by atoms with Crippen LogP contribution in [0.2, 0.25) is 0 Å². The molecule has 2 nitrogen and oxygen atoms in total. The van der Waals surface area contributed by atoms with Gasteiger partial charge in [-0.15, -0.1) is 0 Å². The maximum atomic E-state index is 15.0. The number of halogens is 1. The molecule has 0 aromatic carbocycles. The Labute approximate surface area is 105 Å². The highest BCUT2D eigenvalue weighted by Crippen LogP contribution is 2.42. The van der Waals surface area contributed by atoms with Crippen LogP contribution < -0.4 is 5.56 Å². The highest BCUT2D eigenvalue weighted by atomic mass is 32.2. The minimum atomic E-state index is -1.45. The third-order valence-corrected chi connectivity index (χ3v) is 4.81. The molecule has 0 amide bonds. The predicted octanol–water partition coefficient (Wildman–Crippen LogP) is 2.88. The van der Waals surface area contributed by atoms with Crippen molar-refractivity contribution in [3.63, 3.8) is 0 Å². The molecule has 1 aromatic heterocycles. The minimum Gasteiger partial charge on any atom is -0.329 e. The molecule has 1 N–H and O–H groups in total. The van der Waals surface area contributed by atoms with Crippen molar-refractivity contribution in [3.8, 4) is 0 Å². The largest absolute Gasteiger partial charge is 0.329 e. The molecule has 4 heteroatoms. The Bertz CT molecular complexity index is 459. The summed E-state index contributed by atoms with van der Waals surface area (Å²) in [5.41, 5.74) is -0.417. The topological polar surface area (TPSA) is 32.9 Å². The summed E-state index contributed by atoms with van der Waals surface area (Å²) in [6, 6.07) is 1.74. The highest BCUT2D eigenvalue weighted by Gasteiger charge is 2.42. The number of pyridine rings is 1. The molecule has 0 saturated carbocycles. The lowest BCUT2D eigenvalue weighted by atomic mass is 9.82. The van der Waals surface area contributed by atoms with Gasteiger partial charge in [-0.05, 0) is 36.0 Å². The molecule has 1 aliphatic rings. The van der Waals surface area contributed by atoms with Gasteiger partial charge >= 0.3 is 0 Å². The number of H-pyrrole nitrogens is 1. The first-order valence-corrected chi connectivity index (χ1v) is 7.22. The quantitative estimate of drug-likeness (QED) is 0.881. The molecule has 0 aliphatic carbocycles. The molecule has 0 spiro atoms. The lowest BCUT2D eigenvalue weighted by Gasteiger charge is -2.35. The first-order valence-electron chi connectivity index (χ1n) is 6.06. The molecule has 0 unspecified atom stereocenters. The molecule has 2 rings (SSSR count). The maximum Gasteiger partial charge on any atom is 0.254 e. The van der Waals surface area contributed by atoms with Crippen LogP contribution in [0.25, 0.3) is 0 Å². The van der Waals surface area contributed by atoms with Crippen molar-refractivity contribution in [2.45, 2.75) is 32.4 Å². The van der Waals surface area contributed by atoms with Crippen molar-refractivity contribution in [1.29, 1.82) is 0 Å². The van der Waals surface area contributed by atoms with Gasteiger partial charge in [-0.1, -0.05) is 13.8 Å². The summed E-state index contributed by atoms with van der Waals surface area (Å²) in [6.45, 7) is 3.90. The van der Waals surface area contributed by atoms with E-state index in [4.69, 9.17) is 0 Å². The van der Waals surface area contributed by atoms with E-state index >= 15 is 4.39 Å². The van der Waals surface area contributed by atoms with Crippen LogP contribution >= 0.6 is 11.8 Å². The summed E-state index contributed by atoms with van der Waals surface area (Å²) in [5.74, 6) is 1.47. The second-order valence-electron chi connectivity index (χ2n) is 4.69. The fourth-order valence-corrected chi connectivity index (χ4v) is 3.53. The molecular weight excluding hydrogens is 237 g/mol. The zero-order chi connectivity index (χ0) is 12.5. The summed E-state index contributed by atoms with van der Waals surface area (Å²) in [5, 5.41) is 0. The molecule has 1 aliphatic heterocycles. The number of hydrogen-bond donors (Lipinski definition) is 1. The molecule has 2 heterocycles. The molecule has 1 saturated heterocycles. The second kappa shape index (κ2) is 4.84. The molecule has 94 valence electrons. The number of hydrogen-bond acceptors (Lipinski definition) is 2. The van der Waals surface area contributed by atoms with Crippen LogP contribution in [0.15, 0.2) is 17.1 Å². The van der Waals surface area contributed by atoms with Crippen molar-refractivity contribution in [3.05, 3.63) is 33.7 Å². The number of rotatable bonds is 2. The van der Waals surface area contributed by atoms with E-state index in [-0.39, 0.29) is 11.5 Å². The monoisotopic (exact) mass is 255 g/mol. The fraction of sp³-hybridized carbons (Fsp3) is 0.615. The lowest BCUT2D eigenvalue weighted by Crippen LogP contribution is -2.39. The molecule has 0 radical (unpaired) electrons. The van der Waals surface area contributed by atoms with E-state index in [2.05, 4.69) is 4.98 Å². The van der Waals surface area contributed by atoms with E-state index in [0.717, 1.165) is 23.5 Å². The van der Waals surface area contributed by atoms with Crippen LogP contribution in [0.4, 0.5) is 4.39 Å². The molecular formula is C13H18FNOS. The van der Waals surface area contributed by atoms with Gasteiger partial charge in [0.2, 0.25) is 0 Å². The van der Waals surface area contributed by atoms with Gasteiger partial charge in [0.1, 0.15) is 5.67 Å². The average Bonchev–Trinajstić information content (AvgIpc) is 2.33. The Balaban J connectivity index is 2.47. The van der Waals surface area contributed by atoms with Crippen molar-refractivity contribution in [2.75, 3.05) is 11.5 Å². The number of nitrogens with one attached hydrogen (secondary N) is 1. The minimum absolute atomic E-state index is 0.102. The molecule has 1 fully saturated rings. The number of aromatic amines is 1. The SMILES string of the molecule is CCc1c[nH]c(=O)c([C@@]2(F)CCSC[C@@H]2C)c1. The molecule has 0 bridgehead atoms. The Morgan fingerprint density at radius 1 is 1.65 bits per heavy atom. The third-order valence-electron chi connectivity index (χ3n) is 3.58. The van der Waals surface area contributed by atoms with Crippen LogP contribution in [0.1, 0.15) is 31.4 Å². The maximum absolute atomic E-state index is 15.0. The van der Waals surface area contributed by atoms with Gasteiger partial charge in [0.05, 0.1) is 5.56 Å². The normalized spacial score (nSPS) is 29.2. The van der Waals surface area contributed by atoms with E-state index in [1.165, 1.54) is 0 Å². The van der Waals surface area contributed by atoms with E-state index in [1.54, 1.807) is 24.0 Å². The van der Waals surface area contributed by atoms with E-state index in [1.807, 2.05) is 13.8 Å². The fourth-order valence-electron chi connectivity index (χ4n) is 2.30. The van der Waals surface area contributed by atoms with Gasteiger partial charge < -0.3 is 4.98 Å². The molecule has 1 aromatic rings. The summed E-state index contributed by atoms with van der Waals surface area (Å²) >= 11 is 1.76. The van der Waals surface area contributed by atoms with Gasteiger partial charge in [0, 0.05) is 12.1 Å². The Hall–Kier alpha value is -0.770. The van der Waals surface area contributed by atoms with Gasteiger partial charge in [-0.3, -0.25) is 4.79 Å². The third kappa shape index (κ3) is 2.28. The summed E-state index contributed by atoms with van der Waals surface area (Å²) < 4.78 is 15.0. The summed E-state index contributed by atoms with van der Waals surface area (Å²) in [6.07, 6.45) is 2.93. The predicted molar refractivity (Wildman–Crippen MR) is 70.3 cm³/mol. The second-order valence-corrected chi connectivity index (χ2v) is 5.84. The summed E-state index contributed by atoms with van der Waals surface area (Å²) in [4.78, 5) is 14.5. The number of aryl methyl sites for hydroxylation is 1. The van der Waals surface area contributed by atoms with Crippen LogP contribution in [0.3, 0.4) is 0 Å². The first kappa shape index (κ1) is 12.7. The summed E-state index contributed by atoms with van der Waals surface area (Å²) in [7, 11) is 0. The highest BCUT2D eigenvalue weighted by molar-refractivity contribution is 7.99. The number of alkyl halides is 1. The smallest absolute Gasteiger partial charge is 0.254 e. The van der Waals surface area contributed by atoms with Gasteiger partial charge in [0.25, 0.3) is 5.56 Å². The Kier molecular flexibility index (Phi) is 3.61. The van der Waals surface area contributed by atoms with Crippen molar-refractivity contribution >= 4 is 11.8 Å². The van der Waals surface area contributed by atoms with Crippen LogP contribution in [-0.4, -0.2) is 16.5 Å². The van der Waals surface area contributed by atoms with Crippen LogP contribution in [0, 0.1) is 5.92 Å². The average molecular weight is 255 g/mol. The standard InChI is InChI=1S/C13H18FNOS/c1-3-10-6-11(12(16)15-7-10)13(14)4-5-17-8-9(13)2/h6-7,9H,3-5,8H2,1-2H3,(H,15,16)/t9-,13+/m0/s1. The molecule has 2 atom stereocenters. The van der Waals surface area contributed by atoms with Crippen molar-refractivity contribution < 1.29 is 4.39 Å². The van der Waals surface area contributed by atoms with Crippen LogP contribution in [-0.2, 0) is 12.1 Å².